The zero-order valence-corrected chi connectivity index (χ0v) is 18.5. The SMILES string of the molecule is C[C@H](NC(=O)c1ccccc1Cl)C(=O)N1CCN(S(=O)(=O)c2ccccc2Cl)CC1. The Balaban J connectivity index is 1.60. The van der Waals surface area contributed by atoms with E-state index in [9.17, 15) is 18.0 Å². The minimum atomic E-state index is -3.74. The molecule has 1 atom stereocenters. The van der Waals surface area contributed by atoms with E-state index in [2.05, 4.69) is 5.32 Å². The smallest absolute Gasteiger partial charge is 0.253 e. The third-order valence-electron chi connectivity index (χ3n) is 4.84. The van der Waals surface area contributed by atoms with Crippen molar-refractivity contribution in [3.63, 3.8) is 0 Å². The fraction of sp³-hybridized carbons (Fsp3) is 0.300. The zero-order valence-electron chi connectivity index (χ0n) is 16.2. The van der Waals surface area contributed by atoms with E-state index in [1.807, 2.05) is 0 Å². The van der Waals surface area contributed by atoms with Crippen LogP contribution in [0.2, 0.25) is 10.0 Å². The molecule has 0 bridgehead atoms. The van der Waals surface area contributed by atoms with Gasteiger partial charge in [-0.3, -0.25) is 9.59 Å². The largest absolute Gasteiger partial charge is 0.340 e. The Morgan fingerprint density at radius 3 is 2.10 bits per heavy atom. The molecule has 0 aliphatic carbocycles. The molecule has 2 amide bonds. The Bertz CT molecular complexity index is 1050. The molecule has 1 heterocycles. The molecular formula is C20H21Cl2N3O4S. The number of sulfonamides is 1. The maximum atomic E-state index is 12.8. The summed E-state index contributed by atoms with van der Waals surface area (Å²) in [6.45, 7) is 2.31. The molecule has 30 heavy (non-hydrogen) atoms. The first kappa shape index (κ1) is 22.6. The van der Waals surface area contributed by atoms with E-state index in [-0.39, 0.29) is 47.6 Å². The number of carbonyl (C=O) groups excluding carboxylic acids is 2. The number of piperazine rings is 1. The molecule has 0 saturated carbocycles. The van der Waals surface area contributed by atoms with Gasteiger partial charge >= 0.3 is 0 Å². The predicted molar refractivity (Wildman–Crippen MR) is 115 cm³/mol. The molecule has 0 unspecified atom stereocenters. The van der Waals surface area contributed by atoms with E-state index < -0.39 is 22.0 Å². The van der Waals surface area contributed by atoms with E-state index in [4.69, 9.17) is 23.2 Å². The second kappa shape index (κ2) is 9.34. The molecule has 1 aliphatic rings. The highest BCUT2D eigenvalue weighted by Crippen LogP contribution is 2.25. The van der Waals surface area contributed by atoms with Crippen molar-refractivity contribution in [3.8, 4) is 0 Å². The van der Waals surface area contributed by atoms with Gasteiger partial charge in [0.25, 0.3) is 5.91 Å². The number of halogens is 2. The van der Waals surface area contributed by atoms with Gasteiger partial charge in [-0.15, -0.1) is 0 Å². The van der Waals surface area contributed by atoms with Crippen LogP contribution in [0.3, 0.4) is 0 Å². The lowest BCUT2D eigenvalue weighted by atomic mass is 10.2. The second-order valence-corrected chi connectivity index (χ2v) is 9.56. The van der Waals surface area contributed by atoms with Crippen molar-refractivity contribution < 1.29 is 18.0 Å². The van der Waals surface area contributed by atoms with Crippen LogP contribution in [0, 0.1) is 0 Å². The van der Waals surface area contributed by atoms with Crippen molar-refractivity contribution in [2.45, 2.75) is 17.9 Å². The molecule has 3 rings (SSSR count). The van der Waals surface area contributed by atoms with E-state index in [1.54, 1.807) is 43.3 Å². The quantitative estimate of drug-likeness (QED) is 0.728. The van der Waals surface area contributed by atoms with E-state index in [0.717, 1.165) is 0 Å². The topological polar surface area (TPSA) is 86.8 Å². The molecule has 0 spiro atoms. The summed E-state index contributed by atoms with van der Waals surface area (Å²) in [5, 5.41) is 3.10. The summed E-state index contributed by atoms with van der Waals surface area (Å²) < 4.78 is 27.0. The van der Waals surface area contributed by atoms with Crippen LogP contribution in [0.15, 0.2) is 53.4 Å². The van der Waals surface area contributed by atoms with Gasteiger partial charge in [0.15, 0.2) is 0 Å². The number of nitrogens with zero attached hydrogens (tertiary/aromatic N) is 2. The van der Waals surface area contributed by atoms with Crippen LogP contribution in [-0.2, 0) is 14.8 Å². The number of carbonyl (C=O) groups is 2. The first-order valence-electron chi connectivity index (χ1n) is 9.30. The lowest BCUT2D eigenvalue weighted by Crippen LogP contribution is -2.55. The minimum Gasteiger partial charge on any atom is -0.340 e. The van der Waals surface area contributed by atoms with Gasteiger partial charge in [0.1, 0.15) is 10.9 Å². The van der Waals surface area contributed by atoms with Crippen molar-refractivity contribution in [1.29, 1.82) is 0 Å². The predicted octanol–water partition coefficient (Wildman–Crippen LogP) is 2.64. The Labute approximate surface area is 185 Å². The average molecular weight is 470 g/mol. The zero-order chi connectivity index (χ0) is 21.9. The van der Waals surface area contributed by atoms with Crippen LogP contribution in [0.1, 0.15) is 17.3 Å². The molecule has 1 saturated heterocycles. The van der Waals surface area contributed by atoms with Crippen molar-refractivity contribution in [2.75, 3.05) is 26.2 Å². The highest BCUT2D eigenvalue weighted by molar-refractivity contribution is 7.89. The van der Waals surface area contributed by atoms with Gasteiger partial charge in [0, 0.05) is 26.2 Å². The Morgan fingerprint density at radius 2 is 1.50 bits per heavy atom. The van der Waals surface area contributed by atoms with Crippen molar-refractivity contribution in [1.82, 2.24) is 14.5 Å². The molecule has 2 aromatic carbocycles. The van der Waals surface area contributed by atoms with Crippen LogP contribution in [0.5, 0.6) is 0 Å². The molecule has 0 radical (unpaired) electrons. The normalized spacial score (nSPS) is 16.2. The van der Waals surface area contributed by atoms with E-state index >= 15 is 0 Å². The summed E-state index contributed by atoms with van der Waals surface area (Å²) in [5.74, 6) is -0.730. The molecule has 0 aromatic heterocycles. The molecule has 1 aliphatic heterocycles. The third kappa shape index (κ3) is 4.78. The van der Waals surface area contributed by atoms with Gasteiger partial charge in [-0.25, -0.2) is 8.42 Å². The minimum absolute atomic E-state index is 0.0480. The Morgan fingerprint density at radius 1 is 0.933 bits per heavy atom. The van der Waals surface area contributed by atoms with Crippen LogP contribution in [-0.4, -0.2) is 61.7 Å². The van der Waals surface area contributed by atoms with Crippen LogP contribution in [0.25, 0.3) is 0 Å². The van der Waals surface area contributed by atoms with Crippen molar-refractivity contribution >= 4 is 45.0 Å². The molecule has 10 heteroatoms. The summed E-state index contributed by atoms with van der Waals surface area (Å²) in [6, 6.07) is 12.1. The van der Waals surface area contributed by atoms with Crippen molar-refractivity contribution in [3.05, 3.63) is 64.1 Å². The van der Waals surface area contributed by atoms with Gasteiger partial charge in [-0.2, -0.15) is 4.31 Å². The summed E-state index contributed by atoms with van der Waals surface area (Å²) >= 11 is 12.1. The van der Waals surface area contributed by atoms with Gasteiger partial charge in [0.05, 0.1) is 15.6 Å². The van der Waals surface area contributed by atoms with Gasteiger partial charge in [-0.05, 0) is 31.2 Å². The number of nitrogens with one attached hydrogen (secondary N) is 1. The van der Waals surface area contributed by atoms with Crippen molar-refractivity contribution in [2.24, 2.45) is 0 Å². The standard InChI is InChI=1S/C20H21Cl2N3O4S/c1-14(23-19(26)15-6-2-3-7-16(15)21)20(27)24-10-12-25(13-11-24)30(28,29)18-9-5-4-8-17(18)22/h2-9,14H,10-13H2,1H3,(H,23,26)/t14-/m0/s1. The summed E-state index contributed by atoms with van der Waals surface area (Å²) in [5.41, 5.74) is 0.287. The molecule has 1 fully saturated rings. The third-order valence-corrected chi connectivity index (χ3v) is 7.57. The molecular weight excluding hydrogens is 449 g/mol. The lowest BCUT2D eigenvalue weighted by Gasteiger charge is -2.35. The van der Waals surface area contributed by atoms with Gasteiger partial charge in [0.2, 0.25) is 15.9 Å². The Hall–Kier alpha value is -2.13. The van der Waals surface area contributed by atoms with E-state index in [0.29, 0.717) is 5.02 Å². The number of rotatable bonds is 5. The number of amides is 2. The summed E-state index contributed by atoms with van der Waals surface area (Å²) in [6.07, 6.45) is 0. The van der Waals surface area contributed by atoms with Crippen LogP contribution < -0.4 is 5.32 Å². The molecule has 1 N–H and O–H groups in total. The van der Waals surface area contributed by atoms with Gasteiger partial charge < -0.3 is 10.2 Å². The van der Waals surface area contributed by atoms with Crippen LogP contribution >= 0.6 is 23.2 Å². The maximum absolute atomic E-state index is 12.8. The number of hydrogen-bond acceptors (Lipinski definition) is 4. The fourth-order valence-electron chi connectivity index (χ4n) is 3.20. The maximum Gasteiger partial charge on any atom is 0.253 e. The lowest BCUT2D eigenvalue weighted by molar-refractivity contribution is -0.134. The first-order chi connectivity index (χ1) is 14.2. The fourth-order valence-corrected chi connectivity index (χ4v) is 5.33. The van der Waals surface area contributed by atoms with Crippen LogP contribution in [0.4, 0.5) is 0 Å². The molecule has 7 nitrogen and oxygen atoms in total. The average Bonchev–Trinajstić information content (AvgIpc) is 2.73. The molecule has 160 valence electrons. The number of benzene rings is 2. The van der Waals surface area contributed by atoms with E-state index in [1.165, 1.54) is 21.3 Å². The second-order valence-electron chi connectivity index (χ2n) is 6.83. The monoisotopic (exact) mass is 469 g/mol. The highest BCUT2D eigenvalue weighted by atomic mass is 35.5. The molecule has 2 aromatic rings. The highest BCUT2D eigenvalue weighted by Gasteiger charge is 2.32. The summed E-state index contributed by atoms with van der Waals surface area (Å²) in [7, 11) is -3.74. The first-order valence-corrected chi connectivity index (χ1v) is 11.5. The summed E-state index contributed by atoms with van der Waals surface area (Å²) in [4.78, 5) is 26.7. The number of hydrogen-bond donors (Lipinski definition) is 1. The van der Waals surface area contributed by atoms with Gasteiger partial charge in [-0.1, -0.05) is 47.5 Å². The Kier molecular flexibility index (Phi) is 7.02.